The van der Waals surface area contributed by atoms with E-state index in [0.717, 1.165) is 52.1 Å². The topological polar surface area (TPSA) is 91.5 Å². The molecule has 0 aromatic heterocycles. The number of nitrogens with one attached hydrogen (secondary N) is 2. The zero-order valence-electron chi connectivity index (χ0n) is 24.0. The summed E-state index contributed by atoms with van der Waals surface area (Å²) in [6.07, 6.45) is 4.09. The molecular formula is C31H73N7O3. The summed E-state index contributed by atoms with van der Waals surface area (Å²) in [6.45, 7) is 19.3. The van der Waals surface area contributed by atoms with Crippen LogP contribution < -0.4 is 10.7 Å². The smallest absolute Gasteiger partial charge is 0.231 e. The SMILES string of the molecule is C.C.C.C.C.C=CC(=O)CC.CC(=O)NC1CCN(C)CC1.CC(=O)NN1CCN(C)CC1.CN1CCN(C)CC1. The second-order valence-electron chi connectivity index (χ2n) is 9.87. The van der Waals surface area contributed by atoms with E-state index >= 15 is 0 Å². The second kappa shape index (κ2) is 31.1. The summed E-state index contributed by atoms with van der Waals surface area (Å²) in [6, 6.07) is 0.420. The molecule has 2 amide bonds. The number of likely N-dealkylation sites (tertiary alicyclic amines) is 1. The van der Waals surface area contributed by atoms with E-state index in [1.54, 1.807) is 13.8 Å². The number of amides is 2. The van der Waals surface area contributed by atoms with Gasteiger partial charge in [0.2, 0.25) is 11.8 Å². The number of likely N-dealkylation sites (N-methyl/N-ethyl adjacent to an activating group) is 3. The average molecular weight is 592 g/mol. The van der Waals surface area contributed by atoms with E-state index in [9.17, 15) is 14.4 Å². The van der Waals surface area contributed by atoms with Crippen LogP contribution in [0.3, 0.4) is 0 Å². The molecule has 0 radical (unpaired) electrons. The lowest BCUT2D eigenvalue weighted by Crippen LogP contribution is -2.52. The van der Waals surface area contributed by atoms with Gasteiger partial charge < -0.3 is 24.9 Å². The van der Waals surface area contributed by atoms with Crippen LogP contribution in [-0.2, 0) is 14.4 Å². The predicted octanol–water partition coefficient (Wildman–Crippen LogP) is 3.70. The molecule has 3 aliphatic rings. The van der Waals surface area contributed by atoms with E-state index in [1.165, 1.54) is 32.3 Å². The lowest BCUT2D eigenvalue weighted by atomic mass is 10.1. The number of carbonyl (C=O) groups excluding carboxylic acids is 3. The van der Waals surface area contributed by atoms with E-state index < -0.39 is 0 Å². The Morgan fingerprint density at radius 2 is 1.00 bits per heavy atom. The number of hydrogen-bond donors (Lipinski definition) is 2. The number of piperazine rings is 2. The molecule has 0 atom stereocenters. The third-order valence-corrected chi connectivity index (χ3v) is 6.25. The van der Waals surface area contributed by atoms with E-state index in [0.29, 0.717) is 12.5 Å². The Balaban J connectivity index is -0.0000000979. The van der Waals surface area contributed by atoms with Crippen molar-refractivity contribution in [3.05, 3.63) is 12.7 Å². The molecule has 41 heavy (non-hydrogen) atoms. The van der Waals surface area contributed by atoms with Gasteiger partial charge in [-0.05, 0) is 60.2 Å². The Bertz CT molecular complexity index is 581. The zero-order valence-corrected chi connectivity index (χ0v) is 24.0. The van der Waals surface area contributed by atoms with Crippen molar-refractivity contribution in [2.24, 2.45) is 0 Å². The first kappa shape index (κ1) is 51.9. The minimum Gasteiger partial charge on any atom is -0.354 e. The van der Waals surface area contributed by atoms with E-state index in [2.05, 4.69) is 65.1 Å². The molecule has 10 nitrogen and oxygen atoms in total. The van der Waals surface area contributed by atoms with E-state index in [4.69, 9.17) is 0 Å². The molecule has 0 spiro atoms. The van der Waals surface area contributed by atoms with Crippen molar-refractivity contribution >= 4 is 17.6 Å². The lowest BCUT2D eigenvalue weighted by Gasteiger charge is -2.31. The Morgan fingerprint density at radius 3 is 1.27 bits per heavy atom. The summed E-state index contributed by atoms with van der Waals surface area (Å²) < 4.78 is 0. The average Bonchev–Trinajstić information content (AvgIpc) is 2.84. The van der Waals surface area contributed by atoms with Crippen LogP contribution in [0.2, 0.25) is 0 Å². The highest BCUT2D eigenvalue weighted by Crippen LogP contribution is 2.07. The molecule has 0 aromatic rings. The summed E-state index contributed by atoms with van der Waals surface area (Å²) in [5, 5.41) is 4.90. The van der Waals surface area contributed by atoms with Gasteiger partial charge in [0.1, 0.15) is 0 Å². The molecule has 0 unspecified atom stereocenters. The van der Waals surface area contributed by atoms with Gasteiger partial charge >= 0.3 is 0 Å². The minimum absolute atomic E-state index is 0. The predicted molar refractivity (Wildman–Crippen MR) is 181 cm³/mol. The fraction of sp³-hybridized carbons (Fsp3) is 0.839. The molecule has 250 valence electrons. The van der Waals surface area contributed by atoms with Gasteiger partial charge in [-0.1, -0.05) is 50.6 Å². The van der Waals surface area contributed by atoms with Crippen molar-refractivity contribution in [1.29, 1.82) is 0 Å². The summed E-state index contributed by atoms with van der Waals surface area (Å²) in [5.41, 5.74) is 2.77. The largest absolute Gasteiger partial charge is 0.354 e. The minimum atomic E-state index is 0. The van der Waals surface area contributed by atoms with Gasteiger partial charge in [-0.3, -0.25) is 19.8 Å². The van der Waals surface area contributed by atoms with Crippen molar-refractivity contribution in [1.82, 2.24) is 35.4 Å². The first-order chi connectivity index (χ1) is 17.0. The number of hydrogen-bond acceptors (Lipinski definition) is 8. The van der Waals surface area contributed by atoms with Gasteiger partial charge in [0.15, 0.2) is 5.78 Å². The van der Waals surface area contributed by atoms with Crippen molar-refractivity contribution in [2.75, 3.05) is 93.6 Å². The number of ketones is 1. The monoisotopic (exact) mass is 592 g/mol. The Labute approximate surface area is 256 Å². The van der Waals surface area contributed by atoms with Crippen molar-refractivity contribution in [3.63, 3.8) is 0 Å². The van der Waals surface area contributed by atoms with Gasteiger partial charge in [0, 0.05) is 78.7 Å². The lowest BCUT2D eigenvalue weighted by molar-refractivity contribution is -0.124. The van der Waals surface area contributed by atoms with Gasteiger partial charge in [-0.2, -0.15) is 0 Å². The number of piperidine rings is 1. The molecule has 0 aromatic carbocycles. The Kier molecular flexibility index (Phi) is 39.3. The Hall–Kier alpha value is -1.85. The maximum absolute atomic E-state index is 10.7. The molecule has 10 heteroatoms. The van der Waals surface area contributed by atoms with Crippen molar-refractivity contribution in [2.45, 2.75) is 83.2 Å². The first-order valence-electron chi connectivity index (χ1n) is 13.1. The molecule has 0 saturated carbocycles. The molecule has 0 bridgehead atoms. The third kappa shape index (κ3) is 30.9. The summed E-state index contributed by atoms with van der Waals surface area (Å²) in [7, 11) is 8.55. The van der Waals surface area contributed by atoms with Crippen LogP contribution in [0.15, 0.2) is 12.7 Å². The van der Waals surface area contributed by atoms with E-state index in [-0.39, 0.29) is 54.7 Å². The van der Waals surface area contributed by atoms with Gasteiger partial charge in [-0.15, -0.1) is 0 Å². The van der Waals surface area contributed by atoms with Gasteiger partial charge in [-0.25, -0.2) is 5.01 Å². The first-order valence-corrected chi connectivity index (χ1v) is 13.1. The highest BCUT2D eigenvalue weighted by molar-refractivity contribution is 5.88. The van der Waals surface area contributed by atoms with Crippen LogP contribution in [-0.4, -0.2) is 142 Å². The fourth-order valence-corrected chi connectivity index (χ4v) is 3.63. The van der Waals surface area contributed by atoms with Crippen LogP contribution in [0.1, 0.15) is 77.2 Å². The molecule has 3 fully saturated rings. The number of rotatable bonds is 4. The molecule has 3 rings (SSSR count). The normalized spacial score (nSPS) is 17.8. The third-order valence-electron chi connectivity index (χ3n) is 6.25. The van der Waals surface area contributed by atoms with Gasteiger partial charge in [0.25, 0.3) is 0 Å². The number of carbonyl (C=O) groups is 3. The standard InChI is InChI=1S/C8H16N2O.C7H15N3O.C6H14N2.C5H8O.5CH4/c1-7(11)9-8-3-5-10(2)6-4-8;1-7(11)8-10-5-3-9(2)4-6-10;1-7-3-5-8(2)6-4-7;1-3-5(6)4-2;;;;;/h8H,3-6H2,1-2H3,(H,9,11);3-6H2,1-2H3,(H,8,11);3-6H2,1-2H3;3H,1,4H2,2H3;5*1H4. The molecule has 3 saturated heterocycles. The van der Waals surface area contributed by atoms with Crippen LogP contribution in [0.5, 0.6) is 0 Å². The molecular weight excluding hydrogens is 518 g/mol. The van der Waals surface area contributed by atoms with Crippen LogP contribution in [0.25, 0.3) is 0 Å². The highest BCUT2D eigenvalue weighted by atomic mass is 16.2. The quantitative estimate of drug-likeness (QED) is 0.479. The van der Waals surface area contributed by atoms with Crippen molar-refractivity contribution in [3.8, 4) is 0 Å². The zero-order chi connectivity index (χ0) is 27.5. The molecule has 0 aliphatic carbocycles. The van der Waals surface area contributed by atoms with E-state index in [1.807, 2.05) is 11.9 Å². The van der Waals surface area contributed by atoms with Gasteiger partial charge in [0.05, 0.1) is 0 Å². The summed E-state index contributed by atoms with van der Waals surface area (Å²) >= 11 is 0. The molecule has 3 heterocycles. The van der Waals surface area contributed by atoms with Crippen LogP contribution in [0, 0.1) is 0 Å². The summed E-state index contributed by atoms with van der Waals surface area (Å²) in [4.78, 5) is 40.6. The fourth-order valence-electron chi connectivity index (χ4n) is 3.63. The summed E-state index contributed by atoms with van der Waals surface area (Å²) in [5.74, 6) is 0.226. The maximum Gasteiger partial charge on any atom is 0.231 e. The maximum atomic E-state index is 10.7. The Morgan fingerprint density at radius 1 is 0.659 bits per heavy atom. The number of allylic oxidation sites excluding steroid dienone is 1. The van der Waals surface area contributed by atoms with Crippen LogP contribution >= 0.6 is 0 Å². The molecule has 2 N–H and O–H groups in total. The number of hydrazine groups is 1. The second-order valence-corrected chi connectivity index (χ2v) is 9.87. The van der Waals surface area contributed by atoms with Crippen molar-refractivity contribution < 1.29 is 14.4 Å². The number of nitrogens with zero attached hydrogens (tertiary/aromatic N) is 5. The molecule has 3 aliphatic heterocycles. The highest BCUT2D eigenvalue weighted by Gasteiger charge is 2.16. The van der Waals surface area contributed by atoms with Crippen LogP contribution in [0.4, 0.5) is 0 Å².